The maximum atomic E-state index is 9.03. The lowest BCUT2D eigenvalue weighted by atomic mass is 9.98. The molecule has 0 spiro atoms. The Balaban J connectivity index is 1.88. The van der Waals surface area contributed by atoms with Crippen molar-refractivity contribution in [1.29, 1.82) is 0 Å². The molecule has 2 nitrogen and oxygen atoms in total. The van der Waals surface area contributed by atoms with E-state index in [1.807, 2.05) is 12.1 Å². The van der Waals surface area contributed by atoms with E-state index in [9.17, 15) is 0 Å². The van der Waals surface area contributed by atoms with Crippen LogP contribution in [-0.2, 0) is 13.2 Å². The van der Waals surface area contributed by atoms with Crippen molar-refractivity contribution in [2.24, 2.45) is 5.92 Å². The second-order valence-corrected chi connectivity index (χ2v) is 5.46. The van der Waals surface area contributed by atoms with E-state index in [2.05, 4.69) is 24.0 Å². The molecule has 0 aliphatic carbocycles. The van der Waals surface area contributed by atoms with Gasteiger partial charge in [0, 0.05) is 6.54 Å². The van der Waals surface area contributed by atoms with Crippen molar-refractivity contribution in [1.82, 2.24) is 4.90 Å². The van der Waals surface area contributed by atoms with Crippen molar-refractivity contribution in [3.63, 3.8) is 0 Å². The number of likely N-dealkylation sites (tertiary alicyclic amines) is 1. The van der Waals surface area contributed by atoms with Crippen molar-refractivity contribution in [3.05, 3.63) is 35.4 Å². The summed E-state index contributed by atoms with van der Waals surface area (Å²) >= 11 is 0. The van der Waals surface area contributed by atoms with Crippen LogP contribution < -0.4 is 0 Å². The predicted octanol–water partition coefficient (Wildman–Crippen LogP) is 3.19. The Morgan fingerprint density at radius 3 is 2.50 bits per heavy atom. The zero-order chi connectivity index (χ0) is 12.8. The van der Waals surface area contributed by atoms with Gasteiger partial charge in [0.2, 0.25) is 0 Å². The summed E-state index contributed by atoms with van der Waals surface area (Å²) < 4.78 is 0. The summed E-state index contributed by atoms with van der Waals surface area (Å²) in [6, 6.07) is 8.35. The smallest absolute Gasteiger partial charge is 0.0681 e. The van der Waals surface area contributed by atoms with Crippen LogP contribution in [0.2, 0.25) is 0 Å². The molecule has 100 valence electrons. The maximum absolute atomic E-state index is 9.03. The first-order valence-corrected chi connectivity index (χ1v) is 7.23. The lowest BCUT2D eigenvalue weighted by Crippen LogP contribution is -2.24. The van der Waals surface area contributed by atoms with Crippen LogP contribution in [0.1, 0.15) is 43.7 Å². The van der Waals surface area contributed by atoms with E-state index >= 15 is 0 Å². The zero-order valence-electron chi connectivity index (χ0n) is 11.4. The maximum Gasteiger partial charge on any atom is 0.0681 e. The van der Waals surface area contributed by atoms with Crippen molar-refractivity contribution >= 4 is 0 Å². The van der Waals surface area contributed by atoms with Crippen molar-refractivity contribution < 1.29 is 5.11 Å². The number of hydrogen-bond donors (Lipinski definition) is 1. The van der Waals surface area contributed by atoms with Gasteiger partial charge in [0.05, 0.1) is 6.61 Å². The van der Waals surface area contributed by atoms with E-state index in [0.29, 0.717) is 0 Å². The Bertz CT molecular complexity index is 347. The molecule has 0 saturated carbocycles. The monoisotopic (exact) mass is 247 g/mol. The molecule has 1 heterocycles. The van der Waals surface area contributed by atoms with Gasteiger partial charge in [-0.1, -0.05) is 37.6 Å². The van der Waals surface area contributed by atoms with Gasteiger partial charge in [0.1, 0.15) is 0 Å². The normalized spacial score (nSPS) is 21.8. The highest BCUT2D eigenvalue weighted by atomic mass is 16.3. The van der Waals surface area contributed by atoms with Crippen LogP contribution in [-0.4, -0.2) is 23.1 Å². The Labute approximate surface area is 111 Å². The summed E-state index contributed by atoms with van der Waals surface area (Å²) in [5.41, 5.74) is 2.36. The average molecular weight is 247 g/mol. The molecule has 0 radical (unpaired) electrons. The highest BCUT2D eigenvalue weighted by Gasteiger charge is 2.15. The summed E-state index contributed by atoms with van der Waals surface area (Å²) in [5, 5.41) is 9.03. The van der Waals surface area contributed by atoms with Crippen LogP contribution in [0.5, 0.6) is 0 Å². The fourth-order valence-electron chi connectivity index (χ4n) is 2.80. The Kier molecular flexibility index (Phi) is 5.21. The van der Waals surface area contributed by atoms with E-state index in [4.69, 9.17) is 5.11 Å². The summed E-state index contributed by atoms with van der Waals surface area (Å²) in [7, 11) is 0. The SMILES string of the molecule is CCC1CCCN(Cc2ccc(CO)cc2)CC1. The first-order chi connectivity index (χ1) is 8.81. The molecular formula is C16H25NO. The second kappa shape index (κ2) is 6.91. The number of aliphatic hydroxyl groups is 1. The van der Waals surface area contributed by atoms with Gasteiger partial charge in [-0.15, -0.1) is 0 Å². The molecule has 0 bridgehead atoms. The van der Waals surface area contributed by atoms with E-state index < -0.39 is 0 Å². The van der Waals surface area contributed by atoms with Gasteiger partial charge in [-0.05, 0) is 49.4 Å². The number of aliphatic hydroxyl groups excluding tert-OH is 1. The summed E-state index contributed by atoms with van der Waals surface area (Å²) in [6.45, 7) is 5.98. The van der Waals surface area contributed by atoms with E-state index in [1.165, 1.54) is 44.3 Å². The van der Waals surface area contributed by atoms with Crippen molar-refractivity contribution in [2.75, 3.05) is 13.1 Å². The predicted molar refractivity (Wildman–Crippen MR) is 75.3 cm³/mol. The molecule has 1 aliphatic rings. The summed E-state index contributed by atoms with van der Waals surface area (Å²) in [6.07, 6.45) is 5.42. The highest BCUT2D eigenvalue weighted by Crippen LogP contribution is 2.21. The minimum Gasteiger partial charge on any atom is -0.392 e. The standard InChI is InChI=1S/C16H25NO/c1-2-14-4-3-10-17(11-9-14)12-15-5-7-16(13-18)8-6-15/h5-8,14,18H,2-4,9-13H2,1H3. The minimum absolute atomic E-state index is 0.141. The van der Waals surface area contributed by atoms with E-state index in [0.717, 1.165) is 18.0 Å². The lowest BCUT2D eigenvalue weighted by molar-refractivity contribution is 0.271. The average Bonchev–Trinajstić information content (AvgIpc) is 2.65. The molecule has 1 N–H and O–H groups in total. The number of hydrogen-bond acceptors (Lipinski definition) is 2. The molecule has 1 unspecified atom stereocenters. The van der Waals surface area contributed by atoms with Crippen molar-refractivity contribution in [2.45, 2.75) is 45.8 Å². The first-order valence-electron chi connectivity index (χ1n) is 7.23. The molecule has 18 heavy (non-hydrogen) atoms. The molecule has 2 heteroatoms. The summed E-state index contributed by atoms with van der Waals surface area (Å²) in [4.78, 5) is 2.57. The van der Waals surface area contributed by atoms with Crippen LogP contribution in [0, 0.1) is 5.92 Å². The molecule has 1 aromatic carbocycles. The molecule has 2 rings (SSSR count). The summed E-state index contributed by atoms with van der Waals surface area (Å²) in [5.74, 6) is 0.937. The van der Waals surface area contributed by atoms with Crippen LogP contribution in [0.4, 0.5) is 0 Å². The highest BCUT2D eigenvalue weighted by molar-refractivity contribution is 5.21. The largest absolute Gasteiger partial charge is 0.392 e. The molecule has 0 aromatic heterocycles. The fraction of sp³-hybridized carbons (Fsp3) is 0.625. The van der Waals surface area contributed by atoms with Gasteiger partial charge in [-0.2, -0.15) is 0 Å². The van der Waals surface area contributed by atoms with Crippen LogP contribution in [0.3, 0.4) is 0 Å². The topological polar surface area (TPSA) is 23.5 Å². The Hall–Kier alpha value is -0.860. The van der Waals surface area contributed by atoms with Gasteiger partial charge in [0.25, 0.3) is 0 Å². The number of rotatable bonds is 4. The van der Waals surface area contributed by atoms with Crippen molar-refractivity contribution in [3.8, 4) is 0 Å². The molecule has 1 aromatic rings. The third-order valence-corrected chi connectivity index (χ3v) is 4.13. The van der Waals surface area contributed by atoms with Gasteiger partial charge in [0.15, 0.2) is 0 Å². The lowest BCUT2D eigenvalue weighted by Gasteiger charge is -2.20. The first kappa shape index (κ1) is 13.6. The van der Waals surface area contributed by atoms with Gasteiger partial charge in [-0.25, -0.2) is 0 Å². The van der Waals surface area contributed by atoms with Gasteiger partial charge < -0.3 is 5.11 Å². The Morgan fingerprint density at radius 1 is 1.11 bits per heavy atom. The quantitative estimate of drug-likeness (QED) is 0.883. The van der Waals surface area contributed by atoms with Crippen LogP contribution >= 0.6 is 0 Å². The number of nitrogens with zero attached hydrogens (tertiary/aromatic N) is 1. The number of benzene rings is 1. The van der Waals surface area contributed by atoms with Crippen LogP contribution in [0.25, 0.3) is 0 Å². The second-order valence-electron chi connectivity index (χ2n) is 5.46. The van der Waals surface area contributed by atoms with Gasteiger partial charge >= 0.3 is 0 Å². The van der Waals surface area contributed by atoms with Gasteiger partial charge in [-0.3, -0.25) is 4.90 Å². The zero-order valence-corrected chi connectivity index (χ0v) is 11.4. The fourth-order valence-corrected chi connectivity index (χ4v) is 2.80. The third-order valence-electron chi connectivity index (χ3n) is 4.13. The molecule has 1 atom stereocenters. The van der Waals surface area contributed by atoms with Crippen LogP contribution in [0.15, 0.2) is 24.3 Å². The third kappa shape index (κ3) is 3.82. The molecule has 1 aliphatic heterocycles. The van der Waals surface area contributed by atoms with E-state index in [1.54, 1.807) is 0 Å². The molecule has 1 fully saturated rings. The molecule has 1 saturated heterocycles. The Morgan fingerprint density at radius 2 is 1.83 bits per heavy atom. The molecule has 0 amide bonds. The van der Waals surface area contributed by atoms with E-state index in [-0.39, 0.29) is 6.61 Å². The minimum atomic E-state index is 0.141. The molecular weight excluding hydrogens is 222 g/mol.